The summed E-state index contributed by atoms with van der Waals surface area (Å²) in [6.45, 7) is 0.458. The maximum absolute atomic E-state index is 12.7. The van der Waals surface area contributed by atoms with Crippen LogP contribution in [0.15, 0.2) is 79.0 Å². The molecular formula is C24H21ClN2O2. The van der Waals surface area contributed by atoms with Crippen molar-refractivity contribution in [1.82, 2.24) is 10.3 Å². The van der Waals surface area contributed by atoms with Crippen LogP contribution in [-0.4, -0.2) is 24.5 Å². The third-order valence-corrected chi connectivity index (χ3v) is 5.30. The molecule has 0 unspecified atom stereocenters. The molecule has 3 aromatic carbocycles. The number of amides is 1. The van der Waals surface area contributed by atoms with Crippen molar-refractivity contribution >= 4 is 28.4 Å². The monoisotopic (exact) mass is 404 g/mol. The van der Waals surface area contributed by atoms with Gasteiger partial charge >= 0.3 is 0 Å². The van der Waals surface area contributed by atoms with Gasteiger partial charge in [0.25, 0.3) is 5.91 Å². The Morgan fingerprint density at radius 1 is 1.07 bits per heavy atom. The number of H-pyrrole nitrogens is 1. The van der Waals surface area contributed by atoms with Gasteiger partial charge in [0.15, 0.2) is 0 Å². The number of aromatic amines is 1. The fraction of sp³-hybridized carbons (Fsp3) is 0.125. The highest BCUT2D eigenvalue weighted by Crippen LogP contribution is 2.31. The molecule has 0 radical (unpaired) electrons. The molecule has 0 fully saturated rings. The molecule has 0 saturated carbocycles. The molecule has 0 bridgehead atoms. The lowest BCUT2D eigenvalue weighted by molar-refractivity contribution is 0.0952. The van der Waals surface area contributed by atoms with Gasteiger partial charge in [-0.3, -0.25) is 4.79 Å². The molecule has 0 saturated heterocycles. The van der Waals surface area contributed by atoms with E-state index in [-0.39, 0.29) is 11.8 Å². The fourth-order valence-corrected chi connectivity index (χ4v) is 3.74. The van der Waals surface area contributed by atoms with Crippen LogP contribution in [0, 0.1) is 0 Å². The molecule has 1 heterocycles. The first-order valence-electron chi connectivity index (χ1n) is 9.39. The van der Waals surface area contributed by atoms with E-state index >= 15 is 0 Å². The molecular weight excluding hydrogens is 384 g/mol. The van der Waals surface area contributed by atoms with E-state index < -0.39 is 0 Å². The van der Waals surface area contributed by atoms with Crippen LogP contribution in [0.2, 0.25) is 5.02 Å². The number of fused-ring (bicyclic) bond motifs is 1. The van der Waals surface area contributed by atoms with Crippen LogP contribution >= 0.6 is 11.6 Å². The smallest absolute Gasteiger partial charge is 0.251 e. The van der Waals surface area contributed by atoms with Gasteiger partial charge in [0.05, 0.1) is 7.11 Å². The SMILES string of the molecule is COc1ccc([C@@H](CNC(=O)c2cccc(Cl)c2)c2c[nH]c3ccccc23)cc1. The minimum atomic E-state index is -0.147. The lowest BCUT2D eigenvalue weighted by atomic mass is 9.90. The summed E-state index contributed by atoms with van der Waals surface area (Å²) in [6.07, 6.45) is 2.02. The number of hydrogen-bond donors (Lipinski definition) is 2. The summed E-state index contributed by atoms with van der Waals surface area (Å²) in [5.74, 6) is 0.639. The van der Waals surface area contributed by atoms with E-state index in [0.717, 1.165) is 27.8 Å². The maximum Gasteiger partial charge on any atom is 0.251 e. The highest BCUT2D eigenvalue weighted by Gasteiger charge is 2.19. The van der Waals surface area contributed by atoms with Crippen molar-refractivity contribution in [3.63, 3.8) is 0 Å². The van der Waals surface area contributed by atoms with Gasteiger partial charge in [-0.15, -0.1) is 0 Å². The van der Waals surface area contributed by atoms with Gasteiger partial charge in [-0.1, -0.05) is 48.0 Å². The van der Waals surface area contributed by atoms with E-state index in [2.05, 4.69) is 22.4 Å². The fourth-order valence-electron chi connectivity index (χ4n) is 3.55. The summed E-state index contributed by atoms with van der Waals surface area (Å²) in [4.78, 5) is 16.0. The minimum Gasteiger partial charge on any atom is -0.497 e. The number of nitrogens with one attached hydrogen (secondary N) is 2. The van der Waals surface area contributed by atoms with Gasteiger partial charge in [-0.2, -0.15) is 0 Å². The number of halogens is 1. The van der Waals surface area contributed by atoms with Gasteiger partial charge in [0.1, 0.15) is 5.75 Å². The van der Waals surface area contributed by atoms with E-state index in [9.17, 15) is 4.79 Å². The predicted molar refractivity (Wildman–Crippen MR) is 117 cm³/mol. The molecule has 1 aromatic heterocycles. The molecule has 146 valence electrons. The first kappa shape index (κ1) is 19.1. The van der Waals surface area contributed by atoms with E-state index in [1.54, 1.807) is 31.4 Å². The van der Waals surface area contributed by atoms with E-state index in [1.807, 2.05) is 42.6 Å². The van der Waals surface area contributed by atoms with Crippen molar-refractivity contribution in [2.75, 3.05) is 13.7 Å². The molecule has 0 aliphatic carbocycles. The Labute approximate surface area is 174 Å². The lowest BCUT2D eigenvalue weighted by Gasteiger charge is -2.19. The molecule has 4 rings (SSSR count). The van der Waals surface area contributed by atoms with Gasteiger partial charge in [-0.05, 0) is 47.5 Å². The van der Waals surface area contributed by atoms with Crippen molar-refractivity contribution in [3.8, 4) is 5.75 Å². The number of rotatable bonds is 6. The van der Waals surface area contributed by atoms with Crippen molar-refractivity contribution in [3.05, 3.63) is 101 Å². The van der Waals surface area contributed by atoms with Crippen LogP contribution in [0.3, 0.4) is 0 Å². The van der Waals surface area contributed by atoms with E-state index in [4.69, 9.17) is 16.3 Å². The van der Waals surface area contributed by atoms with Crippen LogP contribution in [-0.2, 0) is 0 Å². The van der Waals surface area contributed by atoms with Crippen LogP contribution in [0.4, 0.5) is 0 Å². The highest BCUT2D eigenvalue weighted by molar-refractivity contribution is 6.30. The Bertz CT molecular complexity index is 1140. The second kappa shape index (κ2) is 8.41. The van der Waals surface area contributed by atoms with Crippen molar-refractivity contribution in [2.45, 2.75) is 5.92 Å². The van der Waals surface area contributed by atoms with Gasteiger partial charge in [-0.25, -0.2) is 0 Å². The number of carbonyl (C=O) groups is 1. The molecule has 4 nitrogen and oxygen atoms in total. The Morgan fingerprint density at radius 3 is 2.62 bits per heavy atom. The zero-order valence-corrected chi connectivity index (χ0v) is 16.7. The van der Waals surface area contributed by atoms with Crippen LogP contribution in [0.25, 0.3) is 10.9 Å². The number of ether oxygens (including phenoxy) is 1. The Hall–Kier alpha value is -3.24. The molecule has 0 aliphatic heterocycles. The summed E-state index contributed by atoms with van der Waals surface area (Å²) in [7, 11) is 1.65. The number of aromatic nitrogens is 1. The van der Waals surface area contributed by atoms with Crippen molar-refractivity contribution in [1.29, 1.82) is 0 Å². The predicted octanol–water partition coefficient (Wildman–Crippen LogP) is 5.39. The topological polar surface area (TPSA) is 54.1 Å². The Kier molecular flexibility index (Phi) is 5.54. The minimum absolute atomic E-state index is 0.0137. The van der Waals surface area contributed by atoms with Crippen LogP contribution in [0.5, 0.6) is 5.75 Å². The summed E-state index contributed by atoms with van der Waals surface area (Å²) >= 11 is 6.03. The third kappa shape index (κ3) is 4.13. The summed E-state index contributed by atoms with van der Waals surface area (Å²) in [5, 5.41) is 4.75. The Morgan fingerprint density at radius 2 is 1.86 bits per heavy atom. The molecule has 2 N–H and O–H groups in total. The number of carbonyl (C=O) groups excluding carboxylic acids is 1. The van der Waals surface area contributed by atoms with Gasteiger partial charge in [0.2, 0.25) is 0 Å². The second-order valence-electron chi connectivity index (χ2n) is 6.84. The Balaban J connectivity index is 1.65. The van der Waals surface area contributed by atoms with Crippen molar-refractivity contribution in [2.24, 2.45) is 0 Å². The average molecular weight is 405 g/mol. The molecule has 0 spiro atoms. The average Bonchev–Trinajstić information content (AvgIpc) is 3.18. The van der Waals surface area contributed by atoms with Crippen molar-refractivity contribution < 1.29 is 9.53 Å². The molecule has 1 amide bonds. The third-order valence-electron chi connectivity index (χ3n) is 5.07. The molecule has 5 heteroatoms. The zero-order chi connectivity index (χ0) is 20.2. The summed E-state index contributed by atoms with van der Waals surface area (Å²) in [6, 6.07) is 23.1. The standard InChI is InChI=1S/C24H21ClN2O2/c1-29-19-11-9-16(10-12-19)21(22-15-26-23-8-3-2-7-20(22)23)14-27-24(28)17-5-4-6-18(25)13-17/h2-13,15,21,26H,14H2,1H3,(H,27,28)/t21-/m1/s1. The highest BCUT2D eigenvalue weighted by atomic mass is 35.5. The lowest BCUT2D eigenvalue weighted by Crippen LogP contribution is -2.28. The number of benzene rings is 3. The van der Waals surface area contributed by atoms with Crippen LogP contribution in [0.1, 0.15) is 27.4 Å². The first-order chi connectivity index (χ1) is 14.2. The molecule has 4 aromatic rings. The van der Waals surface area contributed by atoms with Gasteiger partial charge in [0, 0.05) is 40.1 Å². The quantitative estimate of drug-likeness (QED) is 0.452. The zero-order valence-electron chi connectivity index (χ0n) is 16.0. The maximum atomic E-state index is 12.7. The molecule has 1 atom stereocenters. The first-order valence-corrected chi connectivity index (χ1v) is 9.77. The normalized spacial score (nSPS) is 11.9. The molecule has 29 heavy (non-hydrogen) atoms. The van der Waals surface area contributed by atoms with E-state index in [0.29, 0.717) is 17.1 Å². The summed E-state index contributed by atoms with van der Waals surface area (Å²) in [5.41, 5.74) is 3.85. The summed E-state index contributed by atoms with van der Waals surface area (Å²) < 4.78 is 5.29. The molecule has 0 aliphatic rings. The van der Waals surface area contributed by atoms with E-state index in [1.165, 1.54) is 0 Å². The number of methoxy groups -OCH3 is 1. The van der Waals surface area contributed by atoms with Crippen LogP contribution < -0.4 is 10.1 Å². The largest absolute Gasteiger partial charge is 0.497 e. The van der Waals surface area contributed by atoms with Gasteiger partial charge < -0.3 is 15.0 Å². The number of hydrogen-bond acceptors (Lipinski definition) is 2. The number of para-hydroxylation sites is 1. The second-order valence-corrected chi connectivity index (χ2v) is 7.27.